The molecule has 0 amide bonds. The van der Waals surface area contributed by atoms with Crippen LogP contribution in [0.25, 0.3) is 0 Å². The quantitative estimate of drug-likeness (QED) is 0.390. The zero-order valence-electron chi connectivity index (χ0n) is 8.39. The summed E-state index contributed by atoms with van der Waals surface area (Å²) in [4.78, 5) is 0. The molecule has 0 heterocycles. The van der Waals surface area contributed by atoms with E-state index >= 15 is 0 Å². The van der Waals surface area contributed by atoms with Crippen LogP contribution in [0.2, 0.25) is 0 Å². The molecule has 0 unspecified atom stereocenters. The molecule has 1 aliphatic rings. The van der Waals surface area contributed by atoms with Gasteiger partial charge in [-0.05, 0) is 25.2 Å². The Balaban J connectivity index is 1.75. The van der Waals surface area contributed by atoms with Crippen molar-refractivity contribution in [2.75, 3.05) is 0 Å². The van der Waals surface area contributed by atoms with Crippen LogP contribution < -0.4 is 0 Å². The fourth-order valence-corrected chi connectivity index (χ4v) is 1.50. The number of allylic oxidation sites excluding steroid dienone is 2. The van der Waals surface area contributed by atoms with E-state index in [1.54, 1.807) is 0 Å². The van der Waals surface area contributed by atoms with Gasteiger partial charge in [-0.2, -0.15) is 0 Å². The van der Waals surface area contributed by atoms with Gasteiger partial charge in [-0.15, -0.1) is 0 Å². The normalized spacial score (nSPS) is 17.4. The minimum absolute atomic E-state index is 1.13. The Hall–Kier alpha value is -0.260. The Morgan fingerprint density at radius 3 is 2.50 bits per heavy atom. The van der Waals surface area contributed by atoms with E-state index in [-0.39, 0.29) is 0 Å². The van der Waals surface area contributed by atoms with Crippen LogP contribution in [0, 0.1) is 5.92 Å². The highest BCUT2D eigenvalue weighted by atomic mass is 14.2. The van der Waals surface area contributed by atoms with E-state index in [0.717, 1.165) is 5.92 Å². The van der Waals surface area contributed by atoms with Gasteiger partial charge in [-0.1, -0.05) is 51.2 Å². The van der Waals surface area contributed by atoms with Crippen molar-refractivity contribution >= 4 is 0 Å². The van der Waals surface area contributed by atoms with Gasteiger partial charge in [0, 0.05) is 0 Å². The smallest absolute Gasteiger partial charge is 0.0351 e. The van der Waals surface area contributed by atoms with Crippen molar-refractivity contribution in [3.05, 3.63) is 12.2 Å². The van der Waals surface area contributed by atoms with Crippen LogP contribution in [0.15, 0.2) is 12.2 Å². The Labute approximate surface area is 77.1 Å². The standard InChI is InChI=1S/C12H22/c1-2-3-4-5-6-7-8-9-12-10-11-12/h4-5,12H,2-3,6-11H2,1H3. The highest BCUT2D eigenvalue weighted by molar-refractivity contribution is 4.81. The Morgan fingerprint density at radius 2 is 1.83 bits per heavy atom. The van der Waals surface area contributed by atoms with Gasteiger partial charge in [-0.3, -0.25) is 0 Å². The first kappa shape index (κ1) is 9.83. The lowest BCUT2D eigenvalue weighted by Crippen LogP contribution is -1.77. The third-order valence-electron chi connectivity index (χ3n) is 2.55. The van der Waals surface area contributed by atoms with E-state index in [9.17, 15) is 0 Å². The molecule has 1 aliphatic carbocycles. The first-order valence-corrected chi connectivity index (χ1v) is 5.58. The second-order valence-electron chi connectivity index (χ2n) is 3.99. The molecule has 0 N–H and O–H groups in total. The van der Waals surface area contributed by atoms with Crippen LogP contribution in [-0.4, -0.2) is 0 Å². The first-order chi connectivity index (χ1) is 5.93. The monoisotopic (exact) mass is 166 g/mol. The summed E-state index contributed by atoms with van der Waals surface area (Å²) in [7, 11) is 0. The summed E-state index contributed by atoms with van der Waals surface area (Å²) >= 11 is 0. The van der Waals surface area contributed by atoms with E-state index in [0.29, 0.717) is 0 Å². The summed E-state index contributed by atoms with van der Waals surface area (Å²) in [6, 6.07) is 0. The van der Waals surface area contributed by atoms with Gasteiger partial charge in [0.25, 0.3) is 0 Å². The van der Waals surface area contributed by atoms with Gasteiger partial charge in [-0.25, -0.2) is 0 Å². The molecule has 0 aromatic rings. The summed E-state index contributed by atoms with van der Waals surface area (Å²) in [6.45, 7) is 2.23. The molecule has 0 radical (unpaired) electrons. The van der Waals surface area contributed by atoms with E-state index in [1.165, 1.54) is 51.4 Å². The third-order valence-corrected chi connectivity index (χ3v) is 2.55. The fraction of sp³-hybridized carbons (Fsp3) is 0.833. The van der Waals surface area contributed by atoms with Crippen molar-refractivity contribution < 1.29 is 0 Å². The van der Waals surface area contributed by atoms with Crippen molar-refractivity contribution in [1.29, 1.82) is 0 Å². The van der Waals surface area contributed by atoms with E-state index in [2.05, 4.69) is 19.1 Å². The summed E-state index contributed by atoms with van der Waals surface area (Å²) in [6.07, 6.45) is 16.0. The molecule has 0 atom stereocenters. The molecule has 1 saturated carbocycles. The second-order valence-corrected chi connectivity index (χ2v) is 3.99. The first-order valence-electron chi connectivity index (χ1n) is 5.58. The largest absolute Gasteiger partial charge is 0.0885 e. The Kier molecular flexibility index (Phi) is 5.14. The van der Waals surface area contributed by atoms with Crippen molar-refractivity contribution in [3.63, 3.8) is 0 Å². The molecular weight excluding hydrogens is 144 g/mol. The molecule has 12 heavy (non-hydrogen) atoms. The zero-order valence-corrected chi connectivity index (χ0v) is 8.39. The van der Waals surface area contributed by atoms with Crippen LogP contribution in [-0.2, 0) is 0 Å². The average molecular weight is 166 g/mol. The number of rotatable bonds is 7. The van der Waals surface area contributed by atoms with Crippen LogP contribution in [0.1, 0.15) is 58.3 Å². The number of unbranched alkanes of at least 4 members (excludes halogenated alkanes) is 3. The van der Waals surface area contributed by atoms with Gasteiger partial charge >= 0.3 is 0 Å². The molecule has 0 heteroatoms. The molecule has 0 aromatic heterocycles. The maximum atomic E-state index is 2.36. The number of hydrogen-bond acceptors (Lipinski definition) is 0. The summed E-state index contributed by atoms with van der Waals surface area (Å²) in [5.41, 5.74) is 0. The van der Waals surface area contributed by atoms with E-state index < -0.39 is 0 Å². The zero-order chi connectivity index (χ0) is 8.65. The molecule has 0 nitrogen and oxygen atoms in total. The van der Waals surface area contributed by atoms with Gasteiger partial charge in [0.05, 0.1) is 0 Å². The van der Waals surface area contributed by atoms with Crippen molar-refractivity contribution in [1.82, 2.24) is 0 Å². The third kappa shape index (κ3) is 5.40. The molecule has 0 bridgehead atoms. The Bertz CT molecular complexity index is 120. The highest BCUT2D eigenvalue weighted by Gasteiger charge is 2.19. The SMILES string of the molecule is CCCC=CCCCCC1CC1. The summed E-state index contributed by atoms with van der Waals surface area (Å²) < 4.78 is 0. The summed E-state index contributed by atoms with van der Waals surface area (Å²) in [5, 5.41) is 0. The van der Waals surface area contributed by atoms with Crippen molar-refractivity contribution in [3.8, 4) is 0 Å². The van der Waals surface area contributed by atoms with Gasteiger partial charge in [0.15, 0.2) is 0 Å². The average Bonchev–Trinajstić information content (AvgIpc) is 2.87. The fourth-order valence-electron chi connectivity index (χ4n) is 1.50. The maximum absolute atomic E-state index is 2.36. The predicted octanol–water partition coefficient (Wildman–Crippen LogP) is 4.31. The summed E-state index contributed by atoms with van der Waals surface area (Å²) in [5.74, 6) is 1.13. The van der Waals surface area contributed by atoms with E-state index in [4.69, 9.17) is 0 Å². The lowest BCUT2D eigenvalue weighted by atomic mass is 10.1. The lowest BCUT2D eigenvalue weighted by Gasteiger charge is -1.94. The van der Waals surface area contributed by atoms with Crippen LogP contribution in [0.4, 0.5) is 0 Å². The molecule has 0 saturated heterocycles. The predicted molar refractivity (Wildman–Crippen MR) is 55.2 cm³/mol. The highest BCUT2D eigenvalue weighted by Crippen LogP contribution is 2.33. The van der Waals surface area contributed by atoms with Crippen molar-refractivity contribution in [2.24, 2.45) is 5.92 Å². The molecule has 0 aliphatic heterocycles. The lowest BCUT2D eigenvalue weighted by molar-refractivity contribution is 0.633. The van der Waals surface area contributed by atoms with Crippen LogP contribution in [0.3, 0.4) is 0 Å². The van der Waals surface area contributed by atoms with Crippen LogP contribution >= 0.6 is 0 Å². The molecule has 0 spiro atoms. The molecular formula is C12H22. The molecule has 0 aromatic carbocycles. The topological polar surface area (TPSA) is 0 Å². The van der Waals surface area contributed by atoms with E-state index in [1.807, 2.05) is 0 Å². The van der Waals surface area contributed by atoms with Crippen LogP contribution in [0.5, 0.6) is 0 Å². The molecule has 70 valence electrons. The van der Waals surface area contributed by atoms with Gasteiger partial charge < -0.3 is 0 Å². The van der Waals surface area contributed by atoms with Crippen molar-refractivity contribution in [2.45, 2.75) is 58.3 Å². The van der Waals surface area contributed by atoms with Gasteiger partial charge in [0.2, 0.25) is 0 Å². The molecule has 1 fully saturated rings. The molecule has 1 rings (SSSR count). The number of hydrogen-bond donors (Lipinski definition) is 0. The van der Waals surface area contributed by atoms with Gasteiger partial charge in [0.1, 0.15) is 0 Å². The minimum Gasteiger partial charge on any atom is -0.0885 e. The second kappa shape index (κ2) is 6.28. The maximum Gasteiger partial charge on any atom is -0.0351 e. The minimum atomic E-state index is 1.13. The Morgan fingerprint density at radius 1 is 1.08 bits per heavy atom.